The van der Waals surface area contributed by atoms with Gasteiger partial charge in [0, 0.05) is 35.9 Å². The van der Waals surface area contributed by atoms with Gasteiger partial charge in [-0.25, -0.2) is 4.98 Å². The van der Waals surface area contributed by atoms with Crippen LogP contribution in [-0.2, 0) is 19.4 Å². The maximum absolute atomic E-state index is 4.48. The quantitative estimate of drug-likeness (QED) is 0.840. The van der Waals surface area contributed by atoms with E-state index in [-0.39, 0.29) is 0 Å². The van der Waals surface area contributed by atoms with Gasteiger partial charge in [-0.15, -0.1) is 0 Å². The summed E-state index contributed by atoms with van der Waals surface area (Å²) in [6.45, 7) is 6.27. The second-order valence-electron chi connectivity index (χ2n) is 4.92. The zero-order valence-electron chi connectivity index (χ0n) is 12.1. The number of aryl methyl sites for hydroxylation is 1. The lowest BCUT2D eigenvalue weighted by atomic mass is 10.0. The number of hydrogen-bond acceptors (Lipinski definition) is 2. The van der Waals surface area contributed by atoms with E-state index in [4.69, 9.17) is 0 Å². The third-order valence-corrected chi connectivity index (χ3v) is 3.99. The van der Waals surface area contributed by atoms with Crippen LogP contribution in [0.4, 0.5) is 0 Å². The number of imidazole rings is 1. The number of likely N-dealkylation sites (N-methyl/N-ethyl adjacent to an activating group) is 1. The smallest absolute Gasteiger partial charge is 0.110 e. The van der Waals surface area contributed by atoms with Crippen LogP contribution in [0.2, 0.25) is 0 Å². The summed E-state index contributed by atoms with van der Waals surface area (Å²) < 4.78 is 3.34. The van der Waals surface area contributed by atoms with Crippen molar-refractivity contribution in [2.45, 2.75) is 39.3 Å². The number of benzene rings is 1. The fraction of sp³-hybridized carbons (Fsp3) is 0.438. The molecule has 0 radical (unpaired) electrons. The van der Waals surface area contributed by atoms with Crippen LogP contribution >= 0.6 is 15.9 Å². The van der Waals surface area contributed by atoms with Gasteiger partial charge in [-0.3, -0.25) is 0 Å². The van der Waals surface area contributed by atoms with E-state index in [0.717, 1.165) is 36.2 Å². The first-order chi connectivity index (χ1) is 9.72. The molecule has 1 heterocycles. The Labute approximate surface area is 129 Å². The molecule has 0 amide bonds. The minimum atomic E-state index is 0.425. The fourth-order valence-electron chi connectivity index (χ4n) is 2.45. The number of halogens is 1. The predicted molar refractivity (Wildman–Crippen MR) is 86.9 cm³/mol. The topological polar surface area (TPSA) is 29.9 Å². The molecule has 0 aliphatic heterocycles. The second kappa shape index (κ2) is 7.60. The molecule has 1 unspecified atom stereocenters. The van der Waals surface area contributed by atoms with E-state index >= 15 is 0 Å². The van der Waals surface area contributed by atoms with Crippen LogP contribution in [0.5, 0.6) is 0 Å². The highest BCUT2D eigenvalue weighted by Crippen LogP contribution is 2.13. The number of nitrogens with zero attached hydrogens (tertiary/aromatic N) is 2. The first-order valence-electron chi connectivity index (χ1n) is 7.20. The Balaban J connectivity index is 2.05. The maximum atomic E-state index is 4.48. The Kier molecular flexibility index (Phi) is 5.80. The van der Waals surface area contributed by atoms with Crippen LogP contribution in [-0.4, -0.2) is 22.1 Å². The van der Waals surface area contributed by atoms with Crippen LogP contribution < -0.4 is 5.32 Å². The minimum Gasteiger partial charge on any atom is -0.335 e. The molecule has 1 N–H and O–H groups in total. The second-order valence-corrected chi connectivity index (χ2v) is 5.83. The summed E-state index contributed by atoms with van der Waals surface area (Å²) in [6, 6.07) is 8.99. The van der Waals surface area contributed by atoms with Gasteiger partial charge in [0.15, 0.2) is 0 Å². The van der Waals surface area contributed by atoms with E-state index in [9.17, 15) is 0 Å². The lowest BCUT2D eigenvalue weighted by Crippen LogP contribution is -2.34. The van der Waals surface area contributed by atoms with E-state index in [1.165, 1.54) is 5.56 Å². The highest BCUT2D eigenvalue weighted by Gasteiger charge is 2.12. The van der Waals surface area contributed by atoms with Gasteiger partial charge in [-0.1, -0.05) is 35.0 Å². The number of rotatable bonds is 7. The average Bonchev–Trinajstić information content (AvgIpc) is 2.89. The van der Waals surface area contributed by atoms with E-state index in [0.29, 0.717) is 6.04 Å². The first-order valence-corrected chi connectivity index (χ1v) is 8.00. The number of aromatic nitrogens is 2. The van der Waals surface area contributed by atoms with Gasteiger partial charge in [-0.05, 0) is 37.6 Å². The molecule has 3 nitrogen and oxygen atoms in total. The molecule has 20 heavy (non-hydrogen) atoms. The Morgan fingerprint density at radius 2 is 1.95 bits per heavy atom. The fourth-order valence-corrected chi connectivity index (χ4v) is 2.71. The van der Waals surface area contributed by atoms with Crippen molar-refractivity contribution in [1.82, 2.24) is 14.9 Å². The summed E-state index contributed by atoms with van der Waals surface area (Å²) in [4.78, 5) is 4.48. The molecule has 108 valence electrons. The molecule has 0 bridgehead atoms. The largest absolute Gasteiger partial charge is 0.335 e. The molecule has 0 fully saturated rings. The monoisotopic (exact) mass is 335 g/mol. The van der Waals surface area contributed by atoms with Crippen LogP contribution in [0, 0.1) is 0 Å². The molecule has 0 aliphatic carbocycles. The van der Waals surface area contributed by atoms with E-state index < -0.39 is 0 Å². The van der Waals surface area contributed by atoms with Crippen LogP contribution in [0.3, 0.4) is 0 Å². The summed E-state index contributed by atoms with van der Waals surface area (Å²) >= 11 is 3.48. The van der Waals surface area contributed by atoms with Crippen LogP contribution in [0.1, 0.15) is 25.2 Å². The van der Waals surface area contributed by atoms with E-state index in [1.807, 2.05) is 6.20 Å². The molecule has 2 rings (SSSR count). The Bertz CT molecular complexity index is 519. The van der Waals surface area contributed by atoms with Crippen molar-refractivity contribution in [3.63, 3.8) is 0 Å². The van der Waals surface area contributed by atoms with Gasteiger partial charge in [-0.2, -0.15) is 0 Å². The number of nitrogens with one attached hydrogen (secondary N) is 1. The third kappa shape index (κ3) is 4.18. The van der Waals surface area contributed by atoms with Gasteiger partial charge in [0.1, 0.15) is 5.82 Å². The molecule has 1 aromatic carbocycles. The maximum Gasteiger partial charge on any atom is 0.110 e. The summed E-state index contributed by atoms with van der Waals surface area (Å²) in [6.07, 6.45) is 5.93. The average molecular weight is 336 g/mol. The van der Waals surface area contributed by atoms with E-state index in [2.05, 4.69) is 75.1 Å². The molecular formula is C16H22BrN3. The van der Waals surface area contributed by atoms with Gasteiger partial charge in [0.25, 0.3) is 0 Å². The van der Waals surface area contributed by atoms with Crippen molar-refractivity contribution in [2.75, 3.05) is 6.54 Å². The van der Waals surface area contributed by atoms with Crippen LogP contribution in [0.15, 0.2) is 41.1 Å². The summed E-state index contributed by atoms with van der Waals surface area (Å²) in [5.74, 6) is 1.16. The Hall–Kier alpha value is -1.13. The minimum absolute atomic E-state index is 0.425. The summed E-state index contributed by atoms with van der Waals surface area (Å²) in [5.41, 5.74) is 1.36. The standard InChI is InChI=1S/C16H22BrN3/c1-3-18-15(11-13-5-7-14(17)8-6-13)12-16-19-9-10-20(16)4-2/h5-10,15,18H,3-4,11-12H2,1-2H3. The van der Waals surface area contributed by atoms with Crippen molar-refractivity contribution >= 4 is 15.9 Å². The highest BCUT2D eigenvalue weighted by molar-refractivity contribution is 9.10. The Morgan fingerprint density at radius 3 is 2.60 bits per heavy atom. The molecule has 4 heteroatoms. The van der Waals surface area contributed by atoms with Crippen molar-refractivity contribution < 1.29 is 0 Å². The summed E-state index contributed by atoms with van der Waals surface area (Å²) in [5, 5.41) is 3.57. The molecular weight excluding hydrogens is 314 g/mol. The van der Waals surface area contributed by atoms with Gasteiger partial charge in [0.2, 0.25) is 0 Å². The van der Waals surface area contributed by atoms with Crippen molar-refractivity contribution in [1.29, 1.82) is 0 Å². The van der Waals surface area contributed by atoms with Gasteiger partial charge >= 0.3 is 0 Å². The molecule has 0 spiro atoms. The molecule has 0 saturated heterocycles. The summed E-state index contributed by atoms with van der Waals surface area (Å²) in [7, 11) is 0. The normalized spacial score (nSPS) is 12.6. The number of hydrogen-bond donors (Lipinski definition) is 1. The van der Waals surface area contributed by atoms with Crippen molar-refractivity contribution in [3.05, 3.63) is 52.5 Å². The lowest BCUT2D eigenvalue weighted by molar-refractivity contribution is 0.499. The molecule has 0 aliphatic rings. The van der Waals surface area contributed by atoms with Gasteiger partial charge < -0.3 is 9.88 Å². The van der Waals surface area contributed by atoms with Crippen LogP contribution in [0.25, 0.3) is 0 Å². The third-order valence-electron chi connectivity index (χ3n) is 3.46. The van der Waals surface area contributed by atoms with Crippen molar-refractivity contribution in [2.24, 2.45) is 0 Å². The zero-order chi connectivity index (χ0) is 14.4. The SMILES string of the molecule is CCNC(Cc1ccc(Br)cc1)Cc1nccn1CC. The lowest BCUT2D eigenvalue weighted by Gasteiger charge is -2.18. The molecule has 2 aromatic rings. The molecule has 1 aromatic heterocycles. The zero-order valence-corrected chi connectivity index (χ0v) is 13.7. The predicted octanol–water partition coefficient (Wildman–Crippen LogP) is 3.43. The Morgan fingerprint density at radius 1 is 1.20 bits per heavy atom. The first kappa shape index (κ1) is 15.3. The highest BCUT2D eigenvalue weighted by atomic mass is 79.9. The molecule has 1 atom stereocenters. The van der Waals surface area contributed by atoms with Crippen molar-refractivity contribution in [3.8, 4) is 0 Å². The molecule has 0 saturated carbocycles. The van der Waals surface area contributed by atoms with E-state index in [1.54, 1.807) is 0 Å². The van der Waals surface area contributed by atoms with Gasteiger partial charge in [0.05, 0.1) is 0 Å².